The Morgan fingerprint density at radius 3 is 2.77 bits per heavy atom. The summed E-state index contributed by atoms with van der Waals surface area (Å²) < 4.78 is 5.56. The van der Waals surface area contributed by atoms with Gasteiger partial charge in [-0.1, -0.05) is 29.8 Å². The monoisotopic (exact) mass is 333 g/mol. The van der Waals surface area contributed by atoms with E-state index in [0.29, 0.717) is 18.2 Å². The van der Waals surface area contributed by atoms with Gasteiger partial charge in [-0.05, 0) is 42.3 Å². The molecule has 0 aliphatic carbocycles. The number of fused-ring (bicyclic) bond motifs is 1. The number of rotatable bonds is 5. The molecule has 1 atom stereocenters. The molecule has 3 rings (SSSR count). The highest BCUT2D eigenvalue weighted by Crippen LogP contribution is 2.36. The normalized spacial score (nSPS) is 16.1. The zero-order valence-corrected chi connectivity index (χ0v) is 13.5. The SMILES string of the molecule is O=C(NCCOc1ccc(Cl)cc1)C1Cc2ccccc2S1. The van der Waals surface area contributed by atoms with Crippen molar-refractivity contribution in [3.63, 3.8) is 0 Å². The molecule has 1 heterocycles. The second-order valence-electron chi connectivity index (χ2n) is 5.01. The predicted octanol–water partition coefficient (Wildman–Crippen LogP) is 3.55. The molecule has 2 aromatic carbocycles. The van der Waals surface area contributed by atoms with Gasteiger partial charge < -0.3 is 10.1 Å². The molecular weight excluding hydrogens is 318 g/mol. The van der Waals surface area contributed by atoms with Gasteiger partial charge in [0.25, 0.3) is 0 Å². The quantitative estimate of drug-likeness (QED) is 0.850. The molecule has 1 aliphatic rings. The zero-order valence-electron chi connectivity index (χ0n) is 11.9. The summed E-state index contributed by atoms with van der Waals surface area (Å²) in [6.45, 7) is 0.937. The standard InChI is InChI=1S/C17H16ClNO2S/c18-13-5-7-14(8-6-13)21-10-9-19-17(20)16-11-12-3-1-2-4-15(12)22-16/h1-8,16H,9-11H2,(H,19,20). The van der Waals surface area contributed by atoms with Crippen molar-refractivity contribution < 1.29 is 9.53 Å². The molecule has 5 heteroatoms. The molecule has 3 nitrogen and oxygen atoms in total. The molecule has 0 saturated carbocycles. The number of halogens is 1. The average Bonchev–Trinajstić information content (AvgIpc) is 2.97. The molecule has 0 spiro atoms. The lowest BCUT2D eigenvalue weighted by molar-refractivity contribution is -0.120. The van der Waals surface area contributed by atoms with Crippen molar-refractivity contribution in [3.05, 3.63) is 59.1 Å². The van der Waals surface area contributed by atoms with Crippen LogP contribution >= 0.6 is 23.4 Å². The van der Waals surface area contributed by atoms with Crippen LogP contribution < -0.4 is 10.1 Å². The summed E-state index contributed by atoms with van der Waals surface area (Å²) in [4.78, 5) is 13.4. The van der Waals surface area contributed by atoms with Crippen LogP contribution in [0, 0.1) is 0 Å². The van der Waals surface area contributed by atoms with Crippen LogP contribution in [0.15, 0.2) is 53.4 Å². The number of ether oxygens (including phenoxy) is 1. The third-order valence-corrected chi connectivity index (χ3v) is 4.99. The van der Waals surface area contributed by atoms with Crippen molar-refractivity contribution in [2.24, 2.45) is 0 Å². The Morgan fingerprint density at radius 2 is 2.00 bits per heavy atom. The van der Waals surface area contributed by atoms with Gasteiger partial charge in [0.1, 0.15) is 12.4 Å². The third kappa shape index (κ3) is 3.76. The predicted molar refractivity (Wildman–Crippen MR) is 89.7 cm³/mol. The summed E-state index contributed by atoms with van der Waals surface area (Å²) in [6, 6.07) is 15.4. The van der Waals surface area contributed by atoms with E-state index in [9.17, 15) is 4.79 Å². The first-order valence-corrected chi connectivity index (χ1v) is 8.39. The Morgan fingerprint density at radius 1 is 1.23 bits per heavy atom. The number of amides is 1. The van der Waals surface area contributed by atoms with Gasteiger partial charge in [0.05, 0.1) is 11.8 Å². The Kier molecular flexibility index (Phi) is 4.90. The van der Waals surface area contributed by atoms with Crippen LogP contribution in [0.2, 0.25) is 5.02 Å². The first-order chi connectivity index (χ1) is 10.7. The number of nitrogens with one attached hydrogen (secondary N) is 1. The Bertz CT molecular complexity index is 635. The fraction of sp³-hybridized carbons (Fsp3) is 0.235. The van der Waals surface area contributed by atoms with E-state index < -0.39 is 0 Å². The van der Waals surface area contributed by atoms with Crippen molar-refractivity contribution in [2.75, 3.05) is 13.2 Å². The summed E-state index contributed by atoms with van der Waals surface area (Å²) in [6.07, 6.45) is 0.796. The van der Waals surface area contributed by atoms with Crippen LogP contribution in [0.25, 0.3) is 0 Å². The maximum Gasteiger partial charge on any atom is 0.233 e. The van der Waals surface area contributed by atoms with E-state index in [1.54, 1.807) is 23.9 Å². The van der Waals surface area contributed by atoms with E-state index in [1.807, 2.05) is 24.3 Å². The van der Waals surface area contributed by atoms with Gasteiger partial charge in [0, 0.05) is 9.92 Å². The molecule has 1 amide bonds. The fourth-order valence-corrected chi connectivity index (χ4v) is 3.66. The number of benzene rings is 2. The number of hydrogen-bond donors (Lipinski definition) is 1. The fourth-order valence-electron chi connectivity index (χ4n) is 2.32. The van der Waals surface area contributed by atoms with E-state index in [0.717, 1.165) is 12.2 Å². The molecule has 22 heavy (non-hydrogen) atoms. The van der Waals surface area contributed by atoms with Crippen molar-refractivity contribution in [3.8, 4) is 5.75 Å². The van der Waals surface area contributed by atoms with Crippen LogP contribution in [0.5, 0.6) is 5.75 Å². The summed E-state index contributed by atoms with van der Waals surface area (Å²) in [5.74, 6) is 0.821. The van der Waals surface area contributed by atoms with Gasteiger partial charge in [-0.25, -0.2) is 0 Å². The topological polar surface area (TPSA) is 38.3 Å². The maximum atomic E-state index is 12.2. The lowest BCUT2D eigenvalue weighted by Crippen LogP contribution is -2.35. The van der Waals surface area contributed by atoms with Gasteiger partial charge in [-0.3, -0.25) is 4.79 Å². The number of carbonyl (C=O) groups is 1. The lowest BCUT2D eigenvalue weighted by atomic mass is 10.1. The molecule has 0 aromatic heterocycles. The second-order valence-corrected chi connectivity index (χ2v) is 6.69. The Balaban J connectivity index is 1.41. The van der Waals surface area contributed by atoms with Crippen molar-refractivity contribution in [2.45, 2.75) is 16.6 Å². The van der Waals surface area contributed by atoms with E-state index in [4.69, 9.17) is 16.3 Å². The minimum Gasteiger partial charge on any atom is -0.492 e. The van der Waals surface area contributed by atoms with Crippen molar-refractivity contribution >= 4 is 29.3 Å². The molecule has 0 fully saturated rings. The van der Waals surface area contributed by atoms with Gasteiger partial charge >= 0.3 is 0 Å². The summed E-state index contributed by atoms with van der Waals surface area (Å²) in [5, 5.41) is 3.58. The van der Waals surface area contributed by atoms with Crippen molar-refractivity contribution in [1.82, 2.24) is 5.32 Å². The molecule has 114 valence electrons. The number of carbonyl (C=O) groups excluding carboxylic acids is 1. The number of hydrogen-bond acceptors (Lipinski definition) is 3. The van der Waals surface area contributed by atoms with Crippen LogP contribution in [0.4, 0.5) is 0 Å². The second kappa shape index (κ2) is 7.07. The largest absolute Gasteiger partial charge is 0.492 e. The Hall–Kier alpha value is -1.65. The van der Waals surface area contributed by atoms with E-state index in [-0.39, 0.29) is 11.2 Å². The third-order valence-electron chi connectivity index (χ3n) is 3.42. The maximum absolute atomic E-state index is 12.2. The van der Waals surface area contributed by atoms with E-state index in [2.05, 4.69) is 17.4 Å². The zero-order chi connectivity index (χ0) is 15.4. The smallest absolute Gasteiger partial charge is 0.233 e. The summed E-state index contributed by atoms with van der Waals surface area (Å²) in [5.41, 5.74) is 1.25. The first kappa shape index (κ1) is 15.3. The van der Waals surface area contributed by atoms with Crippen molar-refractivity contribution in [1.29, 1.82) is 0 Å². The molecular formula is C17H16ClNO2S. The molecule has 2 aromatic rings. The van der Waals surface area contributed by atoms with Gasteiger partial charge in [0.15, 0.2) is 0 Å². The van der Waals surface area contributed by atoms with Gasteiger partial charge in [0.2, 0.25) is 5.91 Å². The average molecular weight is 334 g/mol. The van der Waals surface area contributed by atoms with Gasteiger partial charge in [-0.2, -0.15) is 0 Å². The highest BCUT2D eigenvalue weighted by Gasteiger charge is 2.27. The van der Waals surface area contributed by atoms with Gasteiger partial charge in [-0.15, -0.1) is 11.8 Å². The number of thioether (sulfide) groups is 1. The van der Waals surface area contributed by atoms with E-state index >= 15 is 0 Å². The highest BCUT2D eigenvalue weighted by molar-refractivity contribution is 8.01. The minimum atomic E-state index is -0.0343. The lowest BCUT2D eigenvalue weighted by Gasteiger charge is -2.11. The molecule has 0 radical (unpaired) electrons. The van der Waals surface area contributed by atoms with Crippen LogP contribution in [0.3, 0.4) is 0 Å². The highest BCUT2D eigenvalue weighted by atomic mass is 35.5. The molecule has 1 N–H and O–H groups in total. The Labute approximate surface area is 139 Å². The first-order valence-electron chi connectivity index (χ1n) is 7.13. The minimum absolute atomic E-state index is 0.0343. The molecule has 0 bridgehead atoms. The summed E-state index contributed by atoms with van der Waals surface area (Å²) in [7, 11) is 0. The summed E-state index contributed by atoms with van der Waals surface area (Å²) >= 11 is 7.44. The van der Waals surface area contributed by atoms with E-state index in [1.165, 1.54) is 10.5 Å². The van der Waals surface area contributed by atoms with Crippen LogP contribution in [-0.4, -0.2) is 24.3 Å². The van der Waals surface area contributed by atoms with Crippen LogP contribution in [-0.2, 0) is 11.2 Å². The van der Waals surface area contributed by atoms with Crippen LogP contribution in [0.1, 0.15) is 5.56 Å². The molecule has 1 unspecified atom stereocenters. The molecule has 0 saturated heterocycles. The molecule has 1 aliphatic heterocycles.